The molecule has 1 amide bonds. The van der Waals surface area contributed by atoms with Gasteiger partial charge in [-0.2, -0.15) is 0 Å². The lowest BCUT2D eigenvalue weighted by molar-refractivity contribution is 0.0914. The van der Waals surface area contributed by atoms with Gasteiger partial charge in [0, 0.05) is 11.5 Å². The molecule has 0 bridgehead atoms. The molecule has 1 aromatic rings. The van der Waals surface area contributed by atoms with Gasteiger partial charge in [-0.25, -0.2) is 4.98 Å². The second-order valence-corrected chi connectivity index (χ2v) is 5.99. The maximum atomic E-state index is 12.0. The highest BCUT2D eigenvalue weighted by Crippen LogP contribution is 2.17. The SMILES string of the molecule is CCC(NC(=O)c1n[nH]c(C(C)(C)C)n1)C(C)C. The van der Waals surface area contributed by atoms with E-state index in [2.05, 4.69) is 41.3 Å². The summed E-state index contributed by atoms with van der Waals surface area (Å²) in [5.41, 5.74) is -0.131. The molecule has 1 heterocycles. The lowest BCUT2D eigenvalue weighted by Crippen LogP contribution is -2.38. The van der Waals surface area contributed by atoms with Crippen molar-refractivity contribution in [3.8, 4) is 0 Å². The van der Waals surface area contributed by atoms with Crippen molar-refractivity contribution in [2.75, 3.05) is 0 Å². The van der Waals surface area contributed by atoms with Crippen molar-refractivity contribution in [1.29, 1.82) is 0 Å². The molecular weight excluding hydrogens is 228 g/mol. The van der Waals surface area contributed by atoms with Crippen LogP contribution in [0.5, 0.6) is 0 Å². The van der Waals surface area contributed by atoms with Gasteiger partial charge in [-0.3, -0.25) is 9.89 Å². The van der Waals surface area contributed by atoms with Gasteiger partial charge >= 0.3 is 0 Å². The number of rotatable bonds is 4. The lowest BCUT2D eigenvalue weighted by Gasteiger charge is -2.19. The molecule has 5 heteroatoms. The number of amides is 1. The van der Waals surface area contributed by atoms with Gasteiger partial charge in [0.15, 0.2) is 0 Å². The maximum absolute atomic E-state index is 12.0. The minimum atomic E-state index is -0.206. The van der Waals surface area contributed by atoms with Crippen LogP contribution in [0.4, 0.5) is 0 Å². The first-order valence-electron chi connectivity index (χ1n) is 6.49. The highest BCUT2D eigenvalue weighted by molar-refractivity contribution is 5.90. The Balaban J connectivity index is 2.76. The molecular formula is C13H24N4O. The fraction of sp³-hybridized carbons (Fsp3) is 0.769. The molecule has 0 aliphatic heterocycles. The first-order chi connectivity index (χ1) is 8.25. The molecule has 0 spiro atoms. The van der Waals surface area contributed by atoms with Crippen molar-refractivity contribution < 1.29 is 4.79 Å². The van der Waals surface area contributed by atoms with Crippen molar-refractivity contribution in [3.05, 3.63) is 11.6 Å². The quantitative estimate of drug-likeness (QED) is 0.863. The summed E-state index contributed by atoms with van der Waals surface area (Å²) < 4.78 is 0. The predicted molar refractivity (Wildman–Crippen MR) is 71.5 cm³/mol. The van der Waals surface area contributed by atoms with Crippen molar-refractivity contribution in [2.45, 2.75) is 59.4 Å². The van der Waals surface area contributed by atoms with E-state index in [9.17, 15) is 4.79 Å². The molecule has 0 fully saturated rings. The topological polar surface area (TPSA) is 70.7 Å². The van der Waals surface area contributed by atoms with Gasteiger partial charge < -0.3 is 5.32 Å². The number of carbonyl (C=O) groups excluding carboxylic acids is 1. The Morgan fingerprint density at radius 2 is 2.00 bits per heavy atom. The zero-order valence-electron chi connectivity index (χ0n) is 12.2. The first kappa shape index (κ1) is 14.7. The molecule has 102 valence electrons. The Kier molecular flexibility index (Phi) is 4.48. The number of hydrogen-bond donors (Lipinski definition) is 2. The molecule has 2 N–H and O–H groups in total. The van der Waals surface area contributed by atoms with Crippen LogP contribution in [0.3, 0.4) is 0 Å². The molecule has 0 saturated carbocycles. The van der Waals surface area contributed by atoms with Gasteiger partial charge in [-0.1, -0.05) is 41.5 Å². The molecule has 5 nitrogen and oxygen atoms in total. The van der Waals surface area contributed by atoms with E-state index in [1.54, 1.807) is 0 Å². The number of nitrogens with one attached hydrogen (secondary N) is 2. The Bertz CT molecular complexity index is 403. The number of carbonyl (C=O) groups is 1. The average molecular weight is 252 g/mol. The summed E-state index contributed by atoms with van der Waals surface area (Å²) in [6.45, 7) is 12.3. The molecule has 1 aromatic heterocycles. The summed E-state index contributed by atoms with van der Waals surface area (Å²) in [7, 11) is 0. The molecule has 0 saturated heterocycles. The van der Waals surface area contributed by atoms with E-state index in [1.165, 1.54) is 0 Å². The number of H-pyrrole nitrogens is 1. The first-order valence-corrected chi connectivity index (χ1v) is 6.49. The molecule has 0 radical (unpaired) electrons. The van der Waals surface area contributed by atoms with Crippen LogP contribution in [0.1, 0.15) is 64.4 Å². The summed E-state index contributed by atoms with van der Waals surface area (Å²) in [5, 5.41) is 9.77. The summed E-state index contributed by atoms with van der Waals surface area (Å²) in [6.07, 6.45) is 0.903. The third-order valence-electron chi connectivity index (χ3n) is 2.96. The highest BCUT2D eigenvalue weighted by Gasteiger charge is 2.23. The van der Waals surface area contributed by atoms with Gasteiger partial charge in [-0.15, -0.1) is 5.10 Å². The summed E-state index contributed by atoms with van der Waals surface area (Å²) >= 11 is 0. The Morgan fingerprint density at radius 3 is 2.39 bits per heavy atom. The normalized spacial score (nSPS) is 13.7. The van der Waals surface area contributed by atoms with Crippen LogP contribution in [0.15, 0.2) is 0 Å². The monoisotopic (exact) mass is 252 g/mol. The number of aromatic nitrogens is 3. The zero-order valence-corrected chi connectivity index (χ0v) is 12.2. The second-order valence-electron chi connectivity index (χ2n) is 5.99. The van der Waals surface area contributed by atoms with Crippen LogP contribution in [-0.4, -0.2) is 27.1 Å². The Hall–Kier alpha value is -1.39. The highest BCUT2D eigenvalue weighted by atomic mass is 16.2. The largest absolute Gasteiger partial charge is 0.346 e. The van der Waals surface area contributed by atoms with E-state index in [0.717, 1.165) is 12.2 Å². The minimum absolute atomic E-state index is 0.131. The predicted octanol–water partition coefficient (Wildman–Crippen LogP) is 2.27. The average Bonchev–Trinajstić information content (AvgIpc) is 2.73. The van der Waals surface area contributed by atoms with Gasteiger partial charge in [-0.05, 0) is 12.3 Å². The molecule has 0 aromatic carbocycles. The van der Waals surface area contributed by atoms with Gasteiger partial charge in [0.1, 0.15) is 5.82 Å². The van der Waals surface area contributed by atoms with E-state index in [-0.39, 0.29) is 23.2 Å². The van der Waals surface area contributed by atoms with E-state index in [4.69, 9.17) is 0 Å². The van der Waals surface area contributed by atoms with E-state index < -0.39 is 0 Å². The zero-order chi connectivity index (χ0) is 13.9. The number of hydrogen-bond acceptors (Lipinski definition) is 3. The maximum Gasteiger partial charge on any atom is 0.291 e. The van der Waals surface area contributed by atoms with Crippen LogP contribution in [0.2, 0.25) is 0 Å². The van der Waals surface area contributed by atoms with E-state index >= 15 is 0 Å². The fourth-order valence-electron chi connectivity index (χ4n) is 1.67. The van der Waals surface area contributed by atoms with Crippen LogP contribution >= 0.6 is 0 Å². The van der Waals surface area contributed by atoms with Gasteiger partial charge in [0.25, 0.3) is 5.91 Å². The molecule has 0 aliphatic rings. The fourth-order valence-corrected chi connectivity index (χ4v) is 1.67. The van der Waals surface area contributed by atoms with Gasteiger partial charge in [0.2, 0.25) is 5.82 Å². The second kappa shape index (κ2) is 5.50. The van der Waals surface area contributed by atoms with Crippen LogP contribution in [0, 0.1) is 5.92 Å². The van der Waals surface area contributed by atoms with Gasteiger partial charge in [0.05, 0.1) is 0 Å². The summed E-state index contributed by atoms with van der Waals surface area (Å²) in [4.78, 5) is 16.3. The van der Waals surface area contributed by atoms with Crippen molar-refractivity contribution in [1.82, 2.24) is 20.5 Å². The standard InChI is InChI=1S/C13H24N4O/c1-7-9(8(2)3)14-11(18)10-15-12(17-16-10)13(4,5)6/h8-9H,7H2,1-6H3,(H,14,18)(H,15,16,17). The molecule has 18 heavy (non-hydrogen) atoms. The van der Waals surface area contributed by atoms with Crippen molar-refractivity contribution >= 4 is 5.91 Å². The van der Waals surface area contributed by atoms with E-state index in [1.807, 2.05) is 20.8 Å². The third-order valence-corrected chi connectivity index (χ3v) is 2.96. The number of aromatic amines is 1. The Labute approximate surface area is 109 Å². The van der Waals surface area contributed by atoms with Crippen LogP contribution in [0.25, 0.3) is 0 Å². The molecule has 1 atom stereocenters. The minimum Gasteiger partial charge on any atom is -0.346 e. The van der Waals surface area contributed by atoms with Crippen molar-refractivity contribution in [3.63, 3.8) is 0 Å². The third kappa shape index (κ3) is 3.55. The van der Waals surface area contributed by atoms with Crippen molar-refractivity contribution in [2.24, 2.45) is 5.92 Å². The summed E-state index contributed by atoms with van der Waals surface area (Å²) in [6, 6.07) is 0.161. The molecule has 1 rings (SSSR count). The number of nitrogens with zero attached hydrogens (tertiary/aromatic N) is 2. The van der Waals surface area contributed by atoms with Crippen LogP contribution < -0.4 is 5.32 Å². The molecule has 1 unspecified atom stereocenters. The lowest BCUT2D eigenvalue weighted by atomic mass is 9.96. The molecule has 0 aliphatic carbocycles. The van der Waals surface area contributed by atoms with E-state index in [0.29, 0.717) is 5.92 Å². The Morgan fingerprint density at radius 1 is 1.39 bits per heavy atom. The summed E-state index contributed by atoms with van der Waals surface area (Å²) in [5.74, 6) is 1.14. The van der Waals surface area contributed by atoms with Crippen LogP contribution in [-0.2, 0) is 5.41 Å². The smallest absolute Gasteiger partial charge is 0.291 e.